The van der Waals surface area contributed by atoms with Crippen LogP contribution in [0.25, 0.3) is 0 Å². The van der Waals surface area contributed by atoms with E-state index in [0.29, 0.717) is 6.04 Å². The lowest BCUT2D eigenvalue weighted by Crippen LogP contribution is -2.31. The number of fused-ring (bicyclic) bond motifs is 1. The highest BCUT2D eigenvalue weighted by molar-refractivity contribution is 9.10. The zero-order valence-electron chi connectivity index (χ0n) is 10.5. The lowest BCUT2D eigenvalue weighted by atomic mass is 10.0. The molecule has 0 aliphatic carbocycles. The van der Waals surface area contributed by atoms with Crippen molar-refractivity contribution in [2.45, 2.75) is 45.3 Å². The third kappa shape index (κ3) is 2.66. The Labute approximate surface area is 112 Å². The van der Waals surface area contributed by atoms with Crippen molar-refractivity contribution in [3.8, 4) is 5.75 Å². The Morgan fingerprint density at radius 1 is 1.29 bits per heavy atom. The van der Waals surface area contributed by atoms with Gasteiger partial charge in [-0.25, -0.2) is 0 Å². The minimum Gasteiger partial charge on any atom is -0.487 e. The molecule has 0 amide bonds. The molecule has 1 aliphatic heterocycles. The largest absolute Gasteiger partial charge is 0.487 e. The number of rotatable bonds is 5. The second-order valence-electron chi connectivity index (χ2n) is 4.53. The first-order valence-corrected chi connectivity index (χ1v) is 7.25. The third-order valence-corrected chi connectivity index (χ3v) is 3.79. The summed E-state index contributed by atoms with van der Waals surface area (Å²) in [6.45, 7) is 5.44. The van der Waals surface area contributed by atoms with Crippen LogP contribution < -0.4 is 10.1 Å². The average Bonchev–Trinajstić information content (AvgIpc) is 2.67. The number of para-hydroxylation sites is 1. The highest BCUT2D eigenvalue weighted by Gasteiger charge is 2.34. The van der Waals surface area contributed by atoms with Gasteiger partial charge in [-0.1, -0.05) is 32.4 Å². The molecule has 2 unspecified atom stereocenters. The van der Waals surface area contributed by atoms with Crippen LogP contribution in [0.5, 0.6) is 5.75 Å². The van der Waals surface area contributed by atoms with Crippen LogP contribution >= 0.6 is 15.9 Å². The van der Waals surface area contributed by atoms with E-state index >= 15 is 0 Å². The van der Waals surface area contributed by atoms with Gasteiger partial charge in [0.05, 0.1) is 10.5 Å². The maximum atomic E-state index is 6.08. The van der Waals surface area contributed by atoms with Crippen molar-refractivity contribution in [3.05, 3.63) is 28.2 Å². The summed E-state index contributed by atoms with van der Waals surface area (Å²) >= 11 is 3.57. The smallest absolute Gasteiger partial charge is 0.138 e. The van der Waals surface area contributed by atoms with Crippen LogP contribution in [0.4, 0.5) is 0 Å². The fourth-order valence-corrected chi connectivity index (χ4v) is 2.84. The molecular formula is C14H20BrNO. The van der Waals surface area contributed by atoms with E-state index < -0.39 is 0 Å². The van der Waals surface area contributed by atoms with Gasteiger partial charge >= 0.3 is 0 Å². The Kier molecular flexibility index (Phi) is 4.46. The minimum atomic E-state index is 0.278. The minimum absolute atomic E-state index is 0.278. The lowest BCUT2D eigenvalue weighted by Gasteiger charge is -2.19. The zero-order chi connectivity index (χ0) is 12.3. The Balaban J connectivity index is 2.23. The molecule has 1 aromatic carbocycles. The van der Waals surface area contributed by atoms with Gasteiger partial charge in [-0.15, -0.1) is 0 Å². The third-order valence-electron chi connectivity index (χ3n) is 3.16. The number of ether oxygens (including phenoxy) is 1. The number of nitrogens with one attached hydrogen (secondary N) is 1. The molecule has 2 atom stereocenters. The predicted molar refractivity (Wildman–Crippen MR) is 74.5 cm³/mol. The standard InChI is InChI=1S/C14H20BrNO/c1-3-6-12-13(16-9-4-2)10-7-5-8-11(15)14(10)17-12/h5,7-8,12-13,16H,3-4,6,9H2,1-2H3. The van der Waals surface area contributed by atoms with E-state index in [1.807, 2.05) is 6.07 Å². The van der Waals surface area contributed by atoms with Crippen molar-refractivity contribution in [3.63, 3.8) is 0 Å². The molecule has 0 radical (unpaired) electrons. The molecule has 0 aromatic heterocycles. The van der Waals surface area contributed by atoms with Gasteiger partial charge < -0.3 is 10.1 Å². The van der Waals surface area contributed by atoms with E-state index in [2.05, 4.69) is 47.2 Å². The number of halogens is 1. The Hall–Kier alpha value is -0.540. The molecule has 0 fully saturated rings. The summed E-state index contributed by atoms with van der Waals surface area (Å²) in [5.74, 6) is 1.03. The molecule has 0 saturated carbocycles. The normalized spacial score (nSPS) is 22.3. The Morgan fingerprint density at radius 3 is 2.82 bits per heavy atom. The van der Waals surface area contributed by atoms with Crippen molar-refractivity contribution in [1.29, 1.82) is 0 Å². The van der Waals surface area contributed by atoms with Gasteiger partial charge in [-0.2, -0.15) is 0 Å². The van der Waals surface area contributed by atoms with Gasteiger partial charge in [-0.05, 0) is 41.4 Å². The SMILES string of the molecule is CCCNC1c2cccc(Br)c2OC1CCC. The summed E-state index contributed by atoms with van der Waals surface area (Å²) in [7, 11) is 0. The summed E-state index contributed by atoms with van der Waals surface area (Å²) in [6, 6.07) is 6.65. The average molecular weight is 298 g/mol. The van der Waals surface area contributed by atoms with Gasteiger partial charge in [0, 0.05) is 5.56 Å². The predicted octanol–water partition coefficient (Wildman–Crippen LogP) is 4.05. The van der Waals surface area contributed by atoms with E-state index in [0.717, 1.165) is 36.0 Å². The van der Waals surface area contributed by atoms with Gasteiger partial charge in [0.1, 0.15) is 11.9 Å². The summed E-state index contributed by atoms with van der Waals surface area (Å²) in [5, 5.41) is 3.60. The number of hydrogen-bond donors (Lipinski definition) is 1. The highest BCUT2D eigenvalue weighted by atomic mass is 79.9. The maximum Gasteiger partial charge on any atom is 0.138 e. The van der Waals surface area contributed by atoms with Crippen molar-refractivity contribution in [1.82, 2.24) is 5.32 Å². The molecule has 1 aliphatic rings. The van der Waals surface area contributed by atoms with Gasteiger partial charge in [0.15, 0.2) is 0 Å². The molecular weight excluding hydrogens is 278 g/mol. The van der Waals surface area contributed by atoms with E-state index in [-0.39, 0.29) is 6.10 Å². The number of hydrogen-bond acceptors (Lipinski definition) is 2. The van der Waals surface area contributed by atoms with E-state index in [4.69, 9.17) is 4.74 Å². The van der Waals surface area contributed by atoms with Gasteiger partial charge in [0.2, 0.25) is 0 Å². The molecule has 1 aromatic rings. The second kappa shape index (κ2) is 5.87. The Bertz CT molecular complexity index is 380. The first-order valence-electron chi connectivity index (χ1n) is 6.46. The van der Waals surface area contributed by atoms with Crippen molar-refractivity contribution >= 4 is 15.9 Å². The summed E-state index contributed by atoms with van der Waals surface area (Å²) < 4.78 is 7.14. The van der Waals surface area contributed by atoms with E-state index in [1.54, 1.807) is 0 Å². The van der Waals surface area contributed by atoms with Crippen LogP contribution in [-0.2, 0) is 0 Å². The molecule has 17 heavy (non-hydrogen) atoms. The van der Waals surface area contributed by atoms with Gasteiger partial charge in [-0.3, -0.25) is 0 Å². The summed E-state index contributed by atoms with van der Waals surface area (Å²) in [4.78, 5) is 0. The maximum absolute atomic E-state index is 6.08. The number of benzene rings is 1. The van der Waals surface area contributed by atoms with E-state index in [1.165, 1.54) is 5.56 Å². The highest BCUT2D eigenvalue weighted by Crippen LogP contribution is 2.42. The van der Waals surface area contributed by atoms with Crippen LogP contribution in [0, 0.1) is 0 Å². The lowest BCUT2D eigenvalue weighted by molar-refractivity contribution is 0.177. The molecule has 2 nitrogen and oxygen atoms in total. The molecule has 0 saturated heterocycles. The fourth-order valence-electron chi connectivity index (χ4n) is 2.37. The fraction of sp³-hybridized carbons (Fsp3) is 0.571. The van der Waals surface area contributed by atoms with Crippen LogP contribution in [0.2, 0.25) is 0 Å². The van der Waals surface area contributed by atoms with Crippen molar-refractivity contribution < 1.29 is 4.74 Å². The quantitative estimate of drug-likeness (QED) is 0.885. The topological polar surface area (TPSA) is 21.3 Å². The Morgan fingerprint density at radius 2 is 2.12 bits per heavy atom. The van der Waals surface area contributed by atoms with Crippen LogP contribution in [0.1, 0.15) is 44.7 Å². The first kappa shape index (κ1) is 12.9. The van der Waals surface area contributed by atoms with Crippen LogP contribution in [0.3, 0.4) is 0 Å². The molecule has 3 heteroatoms. The summed E-state index contributed by atoms with van der Waals surface area (Å²) in [6.07, 6.45) is 3.68. The zero-order valence-corrected chi connectivity index (χ0v) is 12.1. The van der Waals surface area contributed by atoms with Gasteiger partial charge in [0.25, 0.3) is 0 Å². The summed E-state index contributed by atoms with van der Waals surface area (Å²) in [5.41, 5.74) is 1.30. The van der Waals surface area contributed by atoms with Crippen LogP contribution in [0.15, 0.2) is 22.7 Å². The molecule has 0 bridgehead atoms. The second-order valence-corrected chi connectivity index (χ2v) is 5.39. The van der Waals surface area contributed by atoms with E-state index in [9.17, 15) is 0 Å². The molecule has 2 rings (SSSR count). The molecule has 1 heterocycles. The molecule has 1 N–H and O–H groups in total. The van der Waals surface area contributed by atoms with Crippen molar-refractivity contribution in [2.24, 2.45) is 0 Å². The molecule has 94 valence electrons. The van der Waals surface area contributed by atoms with Crippen molar-refractivity contribution in [2.75, 3.05) is 6.54 Å². The first-order chi connectivity index (χ1) is 8.27. The molecule has 0 spiro atoms. The monoisotopic (exact) mass is 297 g/mol. The van der Waals surface area contributed by atoms with Crippen LogP contribution in [-0.4, -0.2) is 12.6 Å².